The molecule has 15 heavy (non-hydrogen) atoms. The number of benzene rings is 1. The Morgan fingerprint density at radius 2 is 2.20 bits per heavy atom. The summed E-state index contributed by atoms with van der Waals surface area (Å²) in [6, 6.07) is 3.68. The van der Waals surface area contributed by atoms with Gasteiger partial charge in [-0.1, -0.05) is 0 Å². The van der Waals surface area contributed by atoms with Gasteiger partial charge in [0.25, 0.3) is 0 Å². The molecule has 0 radical (unpaired) electrons. The molecule has 0 spiro atoms. The second-order valence-corrected chi connectivity index (χ2v) is 3.86. The summed E-state index contributed by atoms with van der Waals surface area (Å²) in [5.41, 5.74) is 0.884. The summed E-state index contributed by atoms with van der Waals surface area (Å²) in [7, 11) is 0. The maximum atomic E-state index is 9.99. The van der Waals surface area contributed by atoms with E-state index in [-0.39, 0.29) is 0 Å². The molecule has 0 saturated heterocycles. The number of hydrogen-bond acceptors (Lipinski definition) is 4. The number of hydrogen-bond donors (Lipinski definition) is 0. The summed E-state index contributed by atoms with van der Waals surface area (Å²) >= 11 is 3.38. The Kier molecular flexibility index (Phi) is 3.04. The molecule has 1 heterocycles. The fourth-order valence-electron chi connectivity index (χ4n) is 1.38. The van der Waals surface area contributed by atoms with E-state index in [9.17, 15) is 4.79 Å². The molecule has 0 atom stereocenters. The smallest absolute Gasteiger partial charge is 0.235 e. The molecule has 1 aromatic carbocycles. The van der Waals surface area contributed by atoms with Crippen molar-refractivity contribution in [2.24, 2.45) is 4.99 Å². The van der Waals surface area contributed by atoms with Gasteiger partial charge in [0.2, 0.25) is 6.08 Å². The first kappa shape index (κ1) is 10.2. The summed E-state index contributed by atoms with van der Waals surface area (Å²) in [4.78, 5) is 13.5. The van der Waals surface area contributed by atoms with Gasteiger partial charge in [0.15, 0.2) is 11.5 Å². The first-order chi connectivity index (χ1) is 7.31. The van der Waals surface area contributed by atoms with E-state index in [1.54, 1.807) is 0 Å². The van der Waals surface area contributed by atoms with Crippen LogP contribution in [0.1, 0.15) is 5.56 Å². The molecule has 0 aliphatic carbocycles. The van der Waals surface area contributed by atoms with Crippen LogP contribution in [0.5, 0.6) is 11.5 Å². The predicted octanol–water partition coefficient (Wildman–Crippen LogP) is 2.06. The van der Waals surface area contributed by atoms with Crippen LogP contribution in [0.2, 0.25) is 0 Å². The Morgan fingerprint density at radius 3 is 3.00 bits per heavy atom. The van der Waals surface area contributed by atoms with Crippen LogP contribution in [-0.2, 0) is 11.3 Å². The van der Waals surface area contributed by atoms with Crippen LogP contribution < -0.4 is 9.47 Å². The van der Waals surface area contributed by atoms with E-state index in [0.29, 0.717) is 31.3 Å². The molecular weight excluding hydrogens is 262 g/mol. The number of rotatable bonds is 2. The quantitative estimate of drug-likeness (QED) is 0.610. The molecule has 1 aliphatic heterocycles. The molecule has 0 saturated carbocycles. The monoisotopic (exact) mass is 269 g/mol. The molecule has 0 aromatic heterocycles. The molecule has 1 aromatic rings. The maximum Gasteiger partial charge on any atom is 0.235 e. The molecule has 0 amide bonds. The second kappa shape index (κ2) is 4.47. The van der Waals surface area contributed by atoms with Gasteiger partial charge in [0.05, 0.1) is 11.0 Å². The van der Waals surface area contributed by atoms with E-state index in [0.717, 1.165) is 10.0 Å². The third kappa shape index (κ3) is 2.19. The number of nitrogens with zero attached hydrogens (tertiary/aromatic N) is 1. The number of isocyanates is 1. The van der Waals surface area contributed by atoms with Gasteiger partial charge in [-0.15, -0.1) is 0 Å². The minimum Gasteiger partial charge on any atom is -0.486 e. The van der Waals surface area contributed by atoms with E-state index >= 15 is 0 Å². The van der Waals surface area contributed by atoms with E-state index in [1.807, 2.05) is 12.1 Å². The van der Waals surface area contributed by atoms with Crippen molar-refractivity contribution < 1.29 is 14.3 Å². The molecule has 1 aliphatic rings. The van der Waals surface area contributed by atoms with Crippen molar-refractivity contribution >= 4 is 22.0 Å². The average molecular weight is 270 g/mol. The van der Waals surface area contributed by atoms with Crippen molar-refractivity contribution in [3.63, 3.8) is 0 Å². The van der Waals surface area contributed by atoms with Gasteiger partial charge < -0.3 is 9.47 Å². The highest BCUT2D eigenvalue weighted by Gasteiger charge is 2.15. The van der Waals surface area contributed by atoms with E-state index < -0.39 is 0 Å². The third-order valence-electron chi connectivity index (χ3n) is 1.98. The molecule has 5 heteroatoms. The number of fused-ring (bicyclic) bond motifs is 1. The topological polar surface area (TPSA) is 47.9 Å². The first-order valence-corrected chi connectivity index (χ1v) is 5.22. The molecule has 2 rings (SSSR count). The Bertz CT molecular complexity index is 427. The lowest BCUT2D eigenvalue weighted by molar-refractivity contribution is 0.170. The van der Waals surface area contributed by atoms with Gasteiger partial charge in [-0.25, -0.2) is 9.79 Å². The Morgan fingerprint density at radius 1 is 1.40 bits per heavy atom. The van der Waals surface area contributed by atoms with Crippen LogP contribution in [0.15, 0.2) is 21.6 Å². The fourth-order valence-corrected chi connectivity index (χ4v) is 1.98. The minimum atomic E-state index is 0.304. The Balaban J connectivity index is 2.35. The number of halogens is 1. The van der Waals surface area contributed by atoms with E-state index in [2.05, 4.69) is 20.9 Å². The Hall–Kier alpha value is -1.32. The maximum absolute atomic E-state index is 9.99. The zero-order valence-electron chi connectivity index (χ0n) is 7.83. The van der Waals surface area contributed by atoms with Crippen LogP contribution in [0.3, 0.4) is 0 Å². The lowest BCUT2D eigenvalue weighted by atomic mass is 10.2. The Labute approximate surface area is 95.0 Å². The van der Waals surface area contributed by atoms with E-state index in [4.69, 9.17) is 9.47 Å². The van der Waals surface area contributed by atoms with Crippen molar-refractivity contribution in [3.05, 3.63) is 22.2 Å². The third-order valence-corrected chi connectivity index (χ3v) is 2.57. The summed E-state index contributed by atoms with van der Waals surface area (Å²) < 4.78 is 11.7. The highest BCUT2D eigenvalue weighted by Crippen LogP contribution is 2.38. The highest BCUT2D eigenvalue weighted by atomic mass is 79.9. The fraction of sp³-hybridized carbons (Fsp3) is 0.300. The van der Waals surface area contributed by atoms with Gasteiger partial charge in [-0.2, -0.15) is 0 Å². The zero-order valence-corrected chi connectivity index (χ0v) is 9.41. The van der Waals surface area contributed by atoms with Gasteiger partial charge in [-0.05, 0) is 33.6 Å². The second-order valence-electron chi connectivity index (χ2n) is 3.01. The van der Waals surface area contributed by atoms with Crippen molar-refractivity contribution in [1.29, 1.82) is 0 Å². The van der Waals surface area contributed by atoms with Gasteiger partial charge in [0, 0.05) is 0 Å². The van der Waals surface area contributed by atoms with Gasteiger partial charge >= 0.3 is 0 Å². The lowest BCUT2D eigenvalue weighted by Crippen LogP contribution is -2.15. The molecule has 78 valence electrons. The van der Waals surface area contributed by atoms with Crippen LogP contribution in [0, 0.1) is 0 Å². The highest BCUT2D eigenvalue weighted by molar-refractivity contribution is 9.10. The number of aliphatic imine (C=N–C) groups is 1. The summed E-state index contributed by atoms with van der Waals surface area (Å²) in [5.74, 6) is 1.40. The molecular formula is C10H8BrNO3. The first-order valence-electron chi connectivity index (χ1n) is 4.43. The number of carbonyl (C=O) groups excluding carboxylic acids is 1. The van der Waals surface area contributed by atoms with Crippen LogP contribution >= 0.6 is 15.9 Å². The predicted molar refractivity (Wildman–Crippen MR) is 57.0 cm³/mol. The standard InChI is InChI=1S/C10H8BrNO3/c11-8-3-7(5-12-6-13)4-9-10(8)15-2-1-14-9/h3-4H,1-2,5H2. The minimum absolute atomic E-state index is 0.304. The van der Waals surface area contributed by atoms with Crippen molar-refractivity contribution in [2.45, 2.75) is 6.54 Å². The summed E-state index contributed by atoms with van der Waals surface area (Å²) in [6.45, 7) is 1.40. The van der Waals surface area contributed by atoms with Gasteiger partial charge in [0.1, 0.15) is 13.2 Å². The van der Waals surface area contributed by atoms with Crippen molar-refractivity contribution in [2.75, 3.05) is 13.2 Å². The summed E-state index contributed by atoms with van der Waals surface area (Å²) in [5, 5.41) is 0. The molecule has 0 bridgehead atoms. The van der Waals surface area contributed by atoms with Crippen molar-refractivity contribution in [3.8, 4) is 11.5 Å². The lowest BCUT2D eigenvalue weighted by Gasteiger charge is -2.20. The zero-order chi connectivity index (χ0) is 10.7. The van der Waals surface area contributed by atoms with Crippen molar-refractivity contribution in [1.82, 2.24) is 0 Å². The molecule has 4 nitrogen and oxygen atoms in total. The van der Waals surface area contributed by atoms with Crippen LogP contribution in [-0.4, -0.2) is 19.3 Å². The number of ether oxygens (including phenoxy) is 2. The largest absolute Gasteiger partial charge is 0.486 e. The molecule has 0 unspecified atom stereocenters. The van der Waals surface area contributed by atoms with Gasteiger partial charge in [-0.3, -0.25) is 0 Å². The van der Waals surface area contributed by atoms with E-state index in [1.165, 1.54) is 6.08 Å². The van der Waals surface area contributed by atoms with Crippen LogP contribution in [0.4, 0.5) is 0 Å². The van der Waals surface area contributed by atoms with Crippen LogP contribution in [0.25, 0.3) is 0 Å². The molecule has 0 fully saturated rings. The average Bonchev–Trinajstić information content (AvgIpc) is 2.26. The molecule has 0 N–H and O–H groups in total. The summed E-state index contributed by atoms with van der Waals surface area (Å²) in [6.07, 6.45) is 1.50. The normalized spacial score (nSPS) is 13.1. The SMILES string of the molecule is O=C=NCc1cc(Br)c2c(c1)OCCO2.